The Bertz CT molecular complexity index is 2040. The average molecular weight is 607 g/mol. The maximum absolute atomic E-state index is 15.2. The maximum atomic E-state index is 15.2. The number of aryl methyl sites for hydroxylation is 1. The number of hydrogen-bond acceptors (Lipinski definition) is 7. The van der Waals surface area contributed by atoms with Crippen LogP contribution in [-0.2, 0) is 16.8 Å². The fourth-order valence-corrected chi connectivity index (χ4v) is 8.61. The summed E-state index contributed by atoms with van der Waals surface area (Å²) < 4.78 is 0. The molecule has 5 aromatic rings. The molecule has 9 rings (SSSR count). The Morgan fingerprint density at radius 1 is 0.935 bits per heavy atom. The van der Waals surface area contributed by atoms with Crippen molar-refractivity contribution in [2.24, 2.45) is 5.92 Å². The number of amides is 1. The largest absolute Gasteiger partial charge is 0.324 e. The Morgan fingerprint density at radius 3 is 2.54 bits per heavy atom. The van der Waals surface area contributed by atoms with E-state index in [0.717, 1.165) is 70.7 Å². The van der Waals surface area contributed by atoms with Crippen LogP contribution in [0.4, 0.5) is 22.9 Å². The number of ketones is 1. The first-order valence-electron chi connectivity index (χ1n) is 16.2. The van der Waals surface area contributed by atoms with Crippen molar-refractivity contribution in [1.29, 1.82) is 0 Å². The summed E-state index contributed by atoms with van der Waals surface area (Å²) in [5, 5.41) is 6.19. The molecule has 8 heteroatoms. The summed E-state index contributed by atoms with van der Waals surface area (Å²) in [7, 11) is 0. The highest BCUT2D eigenvalue weighted by molar-refractivity contribution is 6.12. The second-order valence-electron chi connectivity index (χ2n) is 12.8. The molecule has 4 aliphatic rings. The molecular formula is C38H34N6O2. The van der Waals surface area contributed by atoms with Gasteiger partial charge in [0.25, 0.3) is 0 Å². The lowest BCUT2D eigenvalue weighted by atomic mass is 9.68. The highest BCUT2D eigenvalue weighted by Gasteiger charge is 2.69. The van der Waals surface area contributed by atoms with Crippen molar-refractivity contribution in [3.05, 3.63) is 125 Å². The van der Waals surface area contributed by atoms with Crippen molar-refractivity contribution >= 4 is 45.5 Å². The van der Waals surface area contributed by atoms with E-state index in [2.05, 4.69) is 46.3 Å². The molecule has 5 heterocycles. The summed E-state index contributed by atoms with van der Waals surface area (Å²) in [5.74, 6) is -0.383. The van der Waals surface area contributed by atoms with Gasteiger partial charge in [0.2, 0.25) is 5.91 Å². The number of hydrazine groups is 2. The number of benzene rings is 4. The smallest absolute Gasteiger partial charge is 0.250 e. The predicted octanol–water partition coefficient (Wildman–Crippen LogP) is 6.69. The van der Waals surface area contributed by atoms with Crippen LogP contribution in [-0.4, -0.2) is 34.2 Å². The molecule has 8 nitrogen and oxygen atoms in total. The first-order chi connectivity index (χ1) is 22.6. The second-order valence-corrected chi connectivity index (χ2v) is 12.8. The molecule has 1 spiro atoms. The third kappa shape index (κ3) is 3.71. The molecule has 2 fully saturated rings. The molecule has 4 atom stereocenters. The highest BCUT2D eigenvalue weighted by Crippen LogP contribution is 2.62. The molecule has 228 valence electrons. The van der Waals surface area contributed by atoms with Crippen molar-refractivity contribution in [2.45, 2.75) is 43.7 Å². The van der Waals surface area contributed by atoms with Gasteiger partial charge in [-0.25, -0.2) is 9.99 Å². The zero-order valence-corrected chi connectivity index (χ0v) is 25.5. The van der Waals surface area contributed by atoms with E-state index in [4.69, 9.17) is 4.98 Å². The van der Waals surface area contributed by atoms with Gasteiger partial charge in [-0.05, 0) is 61.7 Å². The number of pyridine rings is 1. The quantitative estimate of drug-likeness (QED) is 0.192. The first-order valence-corrected chi connectivity index (χ1v) is 16.2. The van der Waals surface area contributed by atoms with Gasteiger partial charge in [-0.15, -0.1) is 5.53 Å². The molecule has 1 amide bonds. The SMILES string of the molecule is CCc1ccc(C(=O)C2C(c3cc4ccccc4nc3N3NNc4ccccc43)C3CCCN3C23C(=O)Nc2ccccc23)cc1. The van der Waals surface area contributed by atoms with Crippen LogP contribution < -0.4 is 21.3 Å². The lowest BCUT2D eigenvalue weighted by Gasteiger charge is -2.37. The van der Waals surface area contributed by atoms with Crippen LogP contribution in [0.3, 0.4) is 0 Å². The number of carbonyl (C=O) groups is 2. The van der Waals surface area contributed by atoms with E-state index < -0.39 is 11.5 Å². The minimum atomic E-state index is -1.14. The third-order valence-corrected chi connectivity index (χ3v) is 10.6. The summed E-state index contributed by atoms with van der Waals surface area (Å²) in [6.07, 6.45) is 2.72. The lowest BCUT2D eigenvalue weighted by Crippen LogP contribution is -2.52. The van der Waals surface area contributed by atoms with Crippen molar-refractivity contribution in [2.75, 3.05) is 22.3 Å². The van der Waals surface area contributed by atoms with Crippen LogP contribution in [0.5, 0.6) is 0 Å². The van der Waals surface area contributed by atoms with Crippen LogP contribution >= 0.6 is 0 Å². The van der Waals surface area contributed by atoms with E-state index in [1.165, 1.54) is 5.56 Å². The standard InChI is InChI=1S/C38H34N6O2/c1-2-23-17-19-24(20-18-23)35(45)34-33(32-16-9-21-43(32)38(34)27-11-4-6-13-29(27)40-37(38)46)26-22-25-10-3-5-12-28(25)39-36(26)44-31-15-8-7-14-30(31)41-42-44/h3-8,10-15,17-20,22,32-34,41-42H,2,9,16,21H2,1H3,(H,40,46). The number of nitrogens with one attached hydrogen (secondary N) is 3. The monoisotopic (exact) mass is 606 g/mol. The summed E-state index contributed by atoms with van der Waals surface area (Å²) in [4.78, 5) is 37.4. The van der Waals surface area contributed by atoms with Crippen molar-refractivity contribution in [3.63, 3.8) is 0 Å². The topological polar surface area (TPSA) is 89.6 Å². The third-order valence-electron chi connectivity index (χ3n) is 10.6. The normalized spacial score (nSPS) is 24.6. The van der Waals surface area contributed by atoms with Crippen LogP contribution in [0.2, 0.25) is 0 Å². The van der Waals surface area contributed by atoms with Gasteiger partial charge in [0.15, 0.2) is 11.6 Å². The van der Waals surface area contributed by atoms with E-state index in [-0.39, 0.29) is 23.7 Å². The van der Waals surface area contributed by atoms with Gasteiger partial charge < -0.3 is 10.7 Å². The fraction of sp³-hybridized carbons (Fsp3) is 0.237. The molecule has 0 radical (unpaired) electrons. The summed E-state index contributed by atoms with van der Waals surface area (Å²) in [5.41, 5.74) is 12.7. The number of hydrogen-bond donors (Lipinski definition) is 3. The summed E-state index contributed by atoms with van der Waals surface area (Å²) >= 11 is 0. The predicted molar refractivity (Wildman–Crippen MR) is 180 cm³/mol. The molecule has 0 bridgehead atoms. The number of carbonyl (C=O) groups excluding carboxylic acids is 2. The van der Waals surface area contributed by atoms with E-state index >= 15 is 4.79 Å². The molecule has 46 heavy (non-hydrogen) atoms. The molecule has 0 aliphatic carbocycles. The van der Waals surface area contributed by atoms with Gasteiger partial charge in [0.05, 0.1) is 22.8 Å². The number of para-hydroxylation sites is 4. The van der Waals surface area contributed by atoms with Crippen LogP contribution in [0.15, 0.2) is 103 Å². The van der Waals surface area contributed by atoms with Gasteiger partial charge >= 0.3 is 0 Å². The van der Waals surface area contributed by atoms with Crippen molar-refractivity contribution in [1.82, 2.24) is 15.4 Å². The number of anilines is 4. The first kappa shape index (κ1) is 27.3. The fourth-order valence-electron chi connectivity index (χ4n) is 8.61. The summed E-state index contributed by atoms with van der Waals surface area (Å²) in [6.45, 7) is 2.85. The maximum Gasteiger partial charge on any atom is 0.250 e. The van der Waals surface area contributed by atoms with Gasteiger partial charge in [-0.1, -0.05) is 79.7 Å². The van der Waals surface area contributed by atoms with Crippen LogP contribution in [0.1, 0.15) is 52.7 Å². The van der Waals surface area contributed by atoms with Crippen LogP contribution in [0, 0.1) is 5.92 Å². The minimum absolute atomic E-state index is 0.0130. The Morgan fingerprint density at radius 2 is 1.70 bits per heavy atom. The number of Topliss-reactive ketones (excluding diaryl/α,β-unsaturated/α-hetero) is 1. The Hall–Kier alpha value is -5.05. The zero-order chi connectivity index (χ0) is 31.0. The summed E-state index contributed by atoms with van der Waals surface area (Å²) in [6, 6.07) is 34.3. The molecule has 3 N–H and O–H groups in total. The molecule has 4 aromatic carbocycles. The van der Waals surface area contributed by atoms with Gasteiger partial charge in [-0.3, -0.25) is 14.5 Å². The average Bonchev–Trinajstić information content (AvgIpc) is 3.87. The number of aromatic nitrogens is 1. The Balaban J connectivity index is 1.32. The minimum Gasteiger partial charge on any atom is -0.324 e. The van der Waals surface area contributed by atoms with E-state index in [0.29, 0.717) is 5.56 Å². The molecule has 4 aliphatic heterocycles. The molecule has 4 unspecified atom stereocenters. The van der Waals surface area contributed by atoms with Gasteiger partial charge in [0.1, 0.15) is 5.54 Å². The number of nitrogens with zero attached hydrogens (tertiary/aromatic N) is 3. The molecule has 2 saturated heterocycles. The van der Waals surface area contributed by atoms with E-state index in [1.807, 2.05) is 89.9 Å². The van der Waals surface area contributed by atoms with Crippen LogP contribution in [0.25, 0.3) is 10.9 Å². The van der Waals surface area contributed by atoms with E-state index in [1.54, 1.807) is 0 Å². The van der Waals surface area contributed by atoms with Crippen molar-refractivity contribution < 1.29 is 9.59 Å². The zero-order valence-electron chi connectivity index (χ0n) is 25.5. The Kier molecular flexibility index (Phi) is 6.07. The van der Waals surface area contributed by atoms with Gasteiger partial charge in [-0.2, -0.15) is 0 Å². The number of fused-ring (bicyclic) bond motifs is 6. The molecule has 1 aromatic heterocycles. The number of rotatable bonds is 5. The second kappa shape index (κ2) is 10.2. The van der Waals surface area contributed by atoms with Crippen molar-refractivity contribution in [3.8, 4) is 0 Å². The molecule has 0 saturated carbocycles. The Labute approximate surface area is 267 Å². The molecular weight excluding hydrogens is 572 g/mol. The highest BCUT2D eigenvalue weighted by atomic mass is 16.2. The lowest BCUT2D eigenvalue weighted by molar-refractivity contribution is -0.127. The van der Waals surface area contributed by atoms with Gasteiger partial charge in [0, 0.05) is 39.7 Å². The van der Waals surface area contributed by atoms with E-state index in [9.17, 15) is 4.79 Å².